The van der Waals surface area contributed by atoms with Crippen LogP contribution in [0.2, 0.25) is 0 Å². The maximum absolute atomic E-state index is 12.3. The van der Waals surface area contributed by atoms with Gasteiger partial charge in [-0.25, -0.2) is 0 Å². The Balaban J connectivity index is 1.43. The highest BCUT2D eigenvalue weighted by molar-refractivity contribution is 5.89. The molecule has 2 N–H and O–H groups in total. The van der Waals surface area contributed by atoms with E-state index in [-0.39, 0.29) is 24.2 Å². The summed E-state index contributed by atoms with van der Waals surface area (Å²) in [6.45, 7) is 3.60. The molecule has 0 saturated carbocycles. The van der Waals surface area contributed by atoms with Crippen LogP contribution in [0.4, 0.5) is 0 Å². The first-order valence-electron chi connectivity index (χ1n) is 8.45. The number of hydrogen-bond donors (Lipinski definition) is 2. The Kier molecular flexibility index (Phi) is 5.37. The Morgan fingerprint density at radius 3 is 2.88 bits per heavy atom. The van der Waals surface area contributed by atoms with Crippen molar-refractivity contribution in [3.05, 3.63) is 41.2 Å². The number of likely N-dealkylation sites (tertiary alicyclic amines) is 1. The van der Waals surface area contributed by atoms with Gasteiger partial charge in [-0.05, 0) is 18.9 Å². The van der Waals surface area contributed by atoms with Crippen LogP contribution in [-0.2, 0) is 22.6 Å². The van der Waals surface area contributed by atoms with Crippen LogP contribution in [-0.4, -0.2) is 50.4 Å². The topological polar surface area (TPSA) is 104 Å². The number of benzene rings is 1. The quantitative estimate of drug-likeness (QED) is 0.717. The molecule has 8 nitrogen and oxygen atoms in total. The fourth-order valence-corrected chi connectivity index (χ4v) is 2.91. The van der Waals surface area contributed by atoms with Crippen LogP contribution in [0.25, 0.3) is 0 Å². The summed E-state index contributed by atoms with van der Waals surface area (Å²) in [5, 5.41) is 16.5. The second-order valence-electron chi connectivity index (χ2n) is 6.38. The molecule has 2 amide bonds. The Morgan fingerprint density at radius 1 is 1.36 bits per heavy atom. The molecule has 1 saturated heterocycles. The highest BCUT2D eigenvalue weighted by Crippen LogP contribution is 2.20. The number of nitrogens with one attached hydrogen (secondary N) is 2. The van der Waals surface area contributed by atoms with E-state index >= 15 is 0 Å². The lowest BCUT2D eigenvalue weighted by Crippen LogP contribution is -2.33. The van der Waals surface area contributed by atoms with Crippen molar-refractivity contribution in [3.63, 3.8) is 0 Å². The van der Waals surface area contributed by atoms with E-state index < -0.39 is 0 Å². The summed E-state index contributed by atoms with van der Waals surface area (Å²) in [5.41, 5.74) is 2.27. The smallest absolute Gasteiger partial charge is 0.225 e. The normalized spacial score (nSPS) is 17.1. The number of H-pyrrole nitrogens is 1. The predicted octanol–water partition coefficient (Wildman–Crippen LogP) is 0.606. The first-order valence-corrected chi connectivity index (χ1v) is 8.45. The minimum Gasteiger partial charge on any atom is -0.356 e. The van der Waals surface area contributed by atoms with Crippen molar-refractivity contribution in [2.45, 2.75) is 32.7 Å². The van der Waals surface area contributed by atoms with E-state index in [4.69, 9.17) is 0 Å². The number of tetrazole rings is 1. The van der Waals surface area contributed by atoms with Crippen LogP contribution in [0.15, 0.2) is 24.3 Å². The summed E-state index contributed by atoms with van der Waals surface area (Å²) in [5.74, 6) is 0.332. The van der Waals surface area contributed by atoms with Gasteiger partial charge in [0.05, 0.1) is 5.92 Å². The minimum atomic E-state index is -0.275. The molecule has 1 atom stereocenters. The molecule has 0 aliphatic carbocycles. The zero-order valence-corrected chi connectivity index (χ0v) is 14.2. The summed E-state index contributed by atoms with van der Waals surface area (Å²) in [6, 6.07) is 8.11. The standard InChI is InChI=1S/C17H22N6O2/c1-12-4-6-13(7-5-12)10-23-11-14(9-16(23)24)17(25)18-8-2-3-15-19-21-22-20-15/h4-7,14H,2-3,8-11H2,1H3,(H,18,25)(H,19,20,21,22). The van der Waals surface area contributed by atoms with Crippen LogP contribution < -0.4 is 5.32 Å². The van der Waals surface area contributed by atoms with Crippen LogP contribution in [0, 0.1) is 12.8 Å². The highest BCUT2D eigenvalue weighted by atomic mass is 16.2. The van der Waals surface area contributed by atoms with Crippen molar-refractivity contribution in [3.8, 4) is 0 Å². The fourth-order valence-electron chi connectivity index (χ4n) is 2.91. The molecule has 1 fully saturated rings. The van der Waals surface area contributed by atoms with Gasteiger partial charge >= 0.3 is 0 Å². The second kappa shape index (κ2) is 7.87. The largest absolute Gasteiger partial charge is 0.356 e. The van der Waals surface area contributed by atoms with Crippen molar-refractivity contribution < 1.29 is 9.59 Å². The summed E-state index contributed by atoms with van der Waals surface area (Å²) in [7, 11) is 0. The lowest BCUT2D eigenvalue weighted by atomic mass is 10.1. The highest BCUT2D eigenvalue weighted by Gasteiger charge is 2.33. The molecule has 2 heterocycles. The zero-order chi connectivity index (χ0) is 17.6. The molecule has 1 aliphatic rings. The van der Waals surface area contributed by atoms with E-state index in [2.05, 4.69) is 25.9 Å². The fraction of sp³-hybridized carbons (Fsp3) is 0.471. The van der Waals surface area contributed by atoms with Crippen molar-refractivity contribution in [2.75, 3.05) is 13.1 Å². The van der Waals surface area contributed by atoms with Gasteiger partial charge in [0.2, 0.25) is 11.8 Å². The molecular formula is C17H22N6O2. The number of rotatable bonds is 7. The summed E-state index contributed by atoms with van der Waals surface area (Å²) in [6.07, 6.45) is 1.67. The Hall–Kier alpha value is -2.77. The monoisotopic (exact) mass is 342 g/mol. The van der Waals surface area contributed by atoms with Gasteiger partial charge in [-0.2, -0.15) is 5.21 Å². The molecule has 8 heteroatoms. The third-order valence-electron chi connectivity index (χ3n) is 4.34. The molecule has 25 heavy (non-hydrogen) atoms. The van der Waals surface area contributed by atoms with Gasteiger partial charge in [-0.1, -0.05) is 35.0 Å². The van der Waals surface area contributed by atoms with E-state index in [0.29, 0.717) is 31.9 Å². The number of carbonyl (C=O) groups excluding carboxylic acids is 2. The molecule has 0 spiro atoms. The number of aryl methyl sites for hydroxylation is 2. The average molecular weight is 342 g/mol. The van der Waals surface area contributed by atoms with Crippen LogP contribution in [0.5, 0.6) is 0 Å². The average Bonchev–Trinajstić information content (AvgIpc) is 3.24. The molecule has 132 valence electrons. The van der Waals surface area contributed by atoms with Gasteiger partial charge < -0.3 is 10.2 Å². The second-order valence-corrected chi connectivity index (χ2v) is 6.38. The summed E-state index contributed by atoms with van der Waals surface area (Å²) in [4.78, 5) is 26.2. The van der Waals surface area contributed by atoms with Gasteiger partial charge in [-0.15, -0.1) is 10.2 Å². The SMILES string of the molecule is Cc1ccc(CN2CC(C(=O)NCCCc3nn[nH]n3)CC2=O)cc1. The molecule has 2 aromatic rings. The third-order valence-corrected chi connectivity index (χ3v) is 4.34. The number of aromatic nitrogens is 4. The van der Waals surface area contributed by atoms with Crippen molar-refractivity contribution in [1.29, 1.82) is 0 Å². The first-order chi connectivity index (χ1) is 12.1. The minimum absolute atomic E-state index is 0.0347. The Bertz CT molecular complexity index is 713. The molecule has 1 aromatic heterocycles. The van der Waals surface area contributed by atoms with E-state index in [0.717, 1.165) is 12.0 Å². The lowest BCUT2D eigenvalue weighted by molar-refractivity contribution is -0.129. The first kappa shape index (κ1) is 17.1. The van der Waals surface area contributed by atoms with E-state index in [1.165, 1.54) is 5.56 Å². The van der Waals surface area contributed by atoms with E-state index in [9.17, 15) is 9.59 Å². The number of nitrogens with zero attached hydrogens (tertiary/aromatic N) is 4. The molecule has 1 unspecified atom stereocenters. The van der Waals surface area contributed by atoms with Gasteiger partial charge in [0.25, 0.3) is 0 Å². The van der Waals surface area contributed by atoms with Gasteiger partial charge in [0, 0.05) is 32.5 Å². The van der Waals surface area contributed by atoms with Crippen LogP contribution >= 0.6 is 0 Å². The summed E-state index contributed by atoms with van der Waals surface area (Å²) >= 11 is 0. The Morgan fingerprint density at radius 2 is 2.16 bits per heavy atom. The number of hydrogen-bond acceptors (Lipinski definition) is 5. The molecule has 3 rings (SSSR count). The molecule has 1 aromatic carbocycles. The third kappa shape index (κ3) is 4.62. The number of aromatic amines is 1. The zero-order valence-electron chi connectivity index (χ0n) is 14.2. The van der Waals surface area contributed by atoms with Crippen molar-refractivity contribution >= 4 is 11.8 Å². The van der Waals surface area contributed by atoms with E-state index in [1.54, 1.807) is 4.90 Å². The number of carbonyl (C=O) groups is 2. The molecule has 1 aliphatic heterocycles. The number of amides is 2. The maximum Gasteiger partial charge on any atom is 0.225 e. The van der Waals surface area contributed by atoms with Gasteiger partial charge in [0.1, 0.15) is 0 Å². The van der Waals surface area contributed by atoms with Gasteiger partial charge in [0.15, 0.2) is 5.82 Å². The maximum atomic E-state index is 12.3. The van der Waals surface area contributed by atoms with Crippen molar-refractivity contribution in [2.24, 2.45) is 5.92 Å². The molecule has 0 radical (unpaired) electrons. The van der Waals surface area contributed by atoms with Crippen molar-refractivity contribution in [1.82, 2.24) is 30.8 Å². The summed E-state index contributed by atoms with van der Waals surface area (Å²) < 4.78 is 0. The Labute approximate surface area is 146 Å². The lowest BCUT2D eigenvalue weighted by Gasteiger charge is -2.17. The molecular weight excluding hydrogens is 320 g/mol. The van der Waals surface area contributed by atoms with Gasteiger partial charge in [-0.3, -0.25) is 9.59 Å². The van der Waals surface area contributed by atoms with E-state index in [1.807, 2.05) is 31.2 Å². The molecule has 0 bridgehead atoms. The predicted molar refractivity (Wildman–Crippen MR) is 90.2 cm³/mol. The van der Waals surface area contributed by atoms with Crippen LogP contribution in [0.1, 0.15) is 29.8 Å². The van der Waals surface area contributed by atoms with Crippen LogP contribution in [0.3, 0.4) is 0 Å².